The number of Topliss-reactive ketones (excluding diaryl/α,β-unsaturated/α-hetero) is 1. The van der Waals surface area contributed by atoms with E-state index in [0.717, 1.165) is 22.4 Å². The van der Waals surface area contributed by atoms with Crippen molar-refractivity contribution in [2.24, 2.45) is 0 Å². The van der Waals surface area contributed by atoms with Gasteiger partial charge in [-0.1, -0.05) is 96.7 Å². The van der Waals surface area contributed by atoms with Crippen LogP contribution in [-0.4, -0.2) is 33.4 Å². The molecule has 0 amide bonds. The molecular weight excluding hydrogens is 454 g/mol. The van der Waals surface area contributed by atoms with Gasteiger partial charge < -0.3 is 4.74 Å². The maximum Gasteiger partial charge on any atom is 0.196 e. The third-order valence-electron chi connectivity index (χ3n) is 5.64. The van der Waals surface area contributed by atoms with Crippen molar-refractivity contribution in [2.45, 2.75) is 5.16 Å². The molecule has 4 aromatic carbocycles. The average molecular weight is 478 g/mol. The monoisotopic (exact) mass is 477 g/mol. The number of hydrogen-bond acceptors (Lipinski definition) is 5. The highest BCUT2D eigenvalue weighted by atomic mass is 32.2. The first-order chi connectivity index (χ1) is 17.2. The van der Waals surface area contributed by atoms with Gasteiger partial charge in [-0.05, 0) is 35.4 Å². The summed E-state index contributed by atoms with van der Waals surface area (Å²) in [6, 6.07) is 35.5. The van der Waals surface area contributed by atoms with Crippen LogP contribution in [0.5, 0.6) is 5.75 Å². The molecule has 0 radical (unpaired) electrons. The van der Waals surface area contributed by atoms with Crippen LogP contribution in [0, 0.1) is 0 Å². The third kappa shape index (κ3) is 4.88. The number of benzene rings is 4. The van der Waals surface area contributed by atoms with E-state index < -0.39 is 0 Å². The minimum absolute atomic E-state index is 0.0380. The van der Waals surface area contributed by atoms with E-state index in [1.807, 2.05) is 102 Å². The first-order valence-corrected chi connectivity index (χ1v) is 12.2. The number of carbonyl (C=O) groups excluding carboxylic acids is 1. The van der Waals surface area contributed by atoms with Gasteiger partial charge in [0.15, 0.2) is 16.8 Å². The number of hydrogen-bond donors (Lipinski definition) is 0. The number of aromatic nitrogens is 3. The van der Waals surface area contributed by atoms with Crippen molar-refractivity contribution < 1.29 is 9.53 Å². The van der Waals surface area contributed by atoms with E-state index in [1.54, 1.807) is 7.11 Å². The molecule has 0 saturated heterocycles. The van der Waals surface area contributed by atoms with Crippen LogP contribution in [0.4, 0.5) is 0 Å². The van der Waals surface area contributed by atoms with E-state index in [2.05, 4.69) is 22.3 Å². The highest BCUT2D eigenvalue weighted by Gasteiger charge is 2.20. The quantitative estimate of drug-likeness (QED) is 0.186. The average Bonchev–Trinajstić information content (AvgIpc) is 3.36. The number of thioether (sulfide) groups is 1. The van der Waals surface area contributed by atoms with Crippen molar-refractivity contribution in [1.82, 2.24) is 14.8 Å². The van der Waals surface area contributed by atoms with E-state index in [1.165, 1.54) is 11.8 Å². The van der Waals surface area contributed by atoms with Crippen LogP contribution in [0.3, 0.4) is 0 Å². The lowest BCUT2D eigenvalue weighted by atomic mass is 10.0. The van der Waals surface area contributed by atoms with Gasteiger partial charge in [0.2, 0.25) is 0 Å². The minimum Gasteiger partial charge on any atom is -0.496 e. The van der Waals surface area contributed by atoms with Gasteiger partial charge in [0.05, 0.1) is 18.4 Å². The van der Waals surface area contributed by atoms with Gasteiger partial charge in [-0.15, -0.1) is 10.2 Å². The number of carbonyl (C=O) groups is 1. The second kappa shape index (κ2) is 10.4. The molecule has 0 N–H and O–H groups in total. The Morgan fingerprint density at radius 2 is 1.40 bits per heavy atom. The summed E-state index contributed by atoms with van der Waals surface area (Å²) in [6.45, 7) is 0. The fourth-order valence-electron chi connectivity index (χ4n) is 3.87. The summed E-state index contributed by atoms with van der Waals surface area (Å²) in [6.07, 6.45) is 0. The summed E-state index contributed by atoms with van der Waals surface area (Å²) in [5, 5.41) is 9.54. The van der Waals surface area contributed by atoms with Gasteiger partial charge in [-0.25, -0.2) is 0 Å². The summed E-state index contributed by atoms with van der Waals surface area (Å²) in [7, 11) is 1.64. The Morgan fingerprint density at radius 3 is 2.11 bits per heavy atom. The molecular formula is C29H23N3O2S. The molecule has 0 aliphatic carbocycles. The molecule has 1 heterocycles. The number of methoxy groups -OCH3 is 1. The van der Waals surface area contributed by atoms with Gasteiger partial charge in [-0.3, -0.25) is 9.36 Å². The van der Waals surface area contributed by atoms with Crippen molar-refractivity contribution in [1.29, 1.82) is 0 Å². The molecule has 6 heteroatoms. The fraction of sp³-hybridized carbons (Fsp3) is 0.0690. The predicted octanol–water partition coefficient (Wildman–Crippen LogP) is 6.58. The molecule has 0 bridgehead atoms. The first-order valence-electron chi connectivity index (χ1n) is 11.2. The number of ether oxygens (including phenoxy) is 1. The highest BCUT2D eigenvalue weighted by molar-refractivity contribution is 7.99. The number of ketones is 1. The van der Waals surface area contributed by atoms with Crippen LogP contribution in [0.1, 0.15) is 10.4 Å². The fourth-order valence-corrected chi connectivity index (χ4v) is 4.72. The lowest BCUT2D eigenvalue weighted by Gasteiger charge is -2.12. The van der Waals surface area contributed by atoms with Crippen molar-refractivity contribution in [3.05, 3.63) is 115 Å². The molecule has 5 nitrogen and oxygen atoms in total. The predicted molar refractivity (Wildman–Crippen MR) is 140 cm³/mol. The van der Waals surface area contributed by atoms with Crippen LogP contribution in [0.25, 0.3) is 28.2 Å². The minimum atomic E-state index is 0.0380. The Morgan fingerprint density at radius 1 is 0.771 bits per heavy atom. The van der Waals surface area contributed by atoms with Gasteiger partial charge >= 0.3 is 0 Å². The van der Waals surface area contributed by atoms with E-state index in [-0.39, 0.29) is 11.5 Å². The molecule has 5 rings (SSSR count). The third-order valence-corrected chi connectivity index (χ3v) is 6.57. The molecule has 0 saturated carbocycles. The Hall–Kier alpha value is -4.16. The Labute approximate surface area is 208 Å². The zero-order valence-corrected chi connectivity index (χ0v) is 20.0. The van der Waals surface area contributed by atoms with Crippen LogP contribution in [-0.2, 0) is 0 Å². The Bertz CT molecular complexity index is 1430. The van der Waals surface area contributed by atoms with E-state index in [4.69, 9.17) is 4.74 Å². The smallest absolute Gasteiger partial charge is 0.196 e. The molecule has 0 spiro atoms. The van der Waals surface area contributed by atoms with Crippen LogP contribution >= 0.6 is 11.8 Å². The van der Waals surface area contributed by atoms with Crippen LogP contribution < -0.4 is 4.74 Å². The van der Waals surface area contributed by atoms with E-state index in [9.17, 15) is 4.79 Å². The van der Waals surface area contributed by atoms with Crippen molar-refractivity contribution in [3.8, 4) is 34.0 Å². The SMILES string of the molecule is COc1ccccc1-c1nnc(SCC(=O)c2ccc(-c3ccccc3)cc2)n1-c1ccccc1. The first kappa shape index (κ1) is 22.6. The molecule has 5 aromatic rings. The molecule has 0 aliphatic heterocycles. The number of nitrogens with zero attached hydrogens (tertiary/aromatic N) is 3. The molecule has 0 atom stereocenters. The van der Waals surface area contributed by atoms with Crippen LogP contribution in [0.15, 0.2) is 114 Å². The van der Waals surface area contributed by atoms with E-state index in [0.29, 0.717) is 22.3 Å². The second-order valence-corrected chi connectivity index (χ2v) is 8.78. The molecule has 1 aromatic heterocycles. The van der Waals surface area contributed by atoms with Crippen molar-refractivity contribution in [3.63, 3.8) is 0 Å². The number of para-hydroxylation sites is 2. The van der Waals surface area contributed by atoms with Gasteiger partial charge in [0, 0.05) is 11.3 Å². The molecule has 172 valence electrons. The standard InChI is InChI=1S/C29H23N3O2S/c1-34-27-15-9-8-14-25(27)28-30-31-29(32(28)24-12-6-3-7-13-24)35-20-26(33)23-18-16-22(17-19-23)21-10-4-2-5-11-21/h2-19H,20H2,1H3. The van der Waals surface area contributed by atoms with Gasteiger partial charge in [0.1, 0.15) is 5.75 Å². The molecule has 0 aliphatic rings. The largest absolute Gasteiger partial charge is 0.496 e. The Balaban J connectivity index is 1.41. The summed E-state index contributed by atoms with van der Waals surface area (Å²) in [5.41, 5.74) is 4.63. The van der Waals surface area contributed by atoms with Gasteiger partial charge in [0.25, 0.3) is 0 Å². The molecule has 0 fully saturated rings. The van der Waals surface area contributed by atoms with Crippen LogP contribution in [0.2, 0.25) is 0 Å². The van der Waals surface area contributed by atoms with Gasteiger partial charge in [-0.2, -0.15) is 0 Å². The van der Waals surface area contributed by atoms with Crippen molar-refractivity contribution >= 4 is 17.5 Å². The maximum atomic E-state index is 13.0. The summed E-state index contributed by atoms with van der Waals surface area (Å²) in [5.74, 6) is 1.66. The molecule has 35 heavy (non-hydrogen) atoms. The topological polar surface area (TPSA) is 57.0 Å². The highest BCUT2D eigenvalue weighted by Crippen LogP contribution is 2.33. The zero-order chi connectivity index (χ0) is 24.0. The summed E-state index contributed by atoms with van der Waals surface area (Å²) in [4.78, 5) is 13.0. The van der Waals surface area contributed by atoms with Crippen molar-refractivity contribution in [2.75, 3.05) is 12.9 Å². The second-order valence-electron chi connectivity index (χ2n) is 7.83. The lowest BCUT2D eigenvalue weighted by molar-refractivity contribution is 0.102. The summed E-state index contributed by atoms with van der Waals surface area (Å²) < 4.78 is 7.52. The normalized spacial score (nSPS) is 10.8. The summed E-state index contributed by atoms with van der Waals surface area (Å²) >= 11 is 1.37. The zero-order valence-electron chi connectivity index (χ0n) is 19.2. The molecule has 0 unspecified atom stereocenters. The number of rotatable bonds is 8. The maximum absolute atomic E-state index is 13.0. The van der Waals surface area contributed by atoms with E-state index >= 15 is 0 Å². The lowest BCUT2D eigenvalue weighted by Crippen LogP contribution is -2.05. The Kier molecular flexibility index (Phi) is 6.73.